The van der Waals surface area contributed by atoms with Crippen LogP contribution in [0.2, 0.25) is 0 Å². The number of benzene rings is 1. The van der Waals surface area contributed by atoms with Crippen LogP contribution in [0.4, 0.5) is 19.0 Å². The van der Waals surface area contributed by atoms with Crippen molar-refractivity contribution in [3.63, 3.8) is 0 Å². The van der Waals surface area contributed by atoms with Crippen LogP contribution in [0, 0.1) is 0 Å². The van der Waals surface area contributed by atoms with Crippen molar-refractivity contribution >= 4 is 11.7 Å². The summed E-state index contributed by atoms with van der Waals surface area (Å²) in [6, 6.07) is 4.66. The molecule has 0 unspecified atom stereocenters. The van der Waals surface area contributed by atoms with Crippen LogP contribution in [0.5, 0.6) is 0 Å². The third-order valence-electron chi connectivity index (χ3n) is 2.52. The van der Waals surface area contributed by atoms with Crippen molar-refractivity contribution in [3.8, 4) is 0 Å². The zero-order valence-electron chi connectivity index (χ0n) is 10.4. The van der Waals surface area contributed by atoms with Crippen LogP contribution in [0.1, 0.15) is 16.8 Å². The third kappa shape index (κ3) is 3.48. The number of nitrogens with zero attached hydrogens (tertiary/aromatic N) is 3. The van der Waals surface area contributed by atoms with E-state index in [1.54, 1.807) is 5.48 Å². The lowest BCUT2D eigenvalue weighted by Gasteiger charge is -2.08. The predicted octanol–water partition coefficient (Wildman–Crippen LogP) is 1.60. The fraction of sp³-hybridized carbons (Fsp3) is 0.182. The second-order valence-corrected chi connectivity index (χ2v) is 3.97. The normalized spacial score (nSPS) is 12.5. The number of nitrogens with one attached hydrogen (secondary N) is 1. The summed E-state index contributed by atoms with van der Waals surface area (Å²) in [7, 11) is 0. The number of aliphatic imine (C=N–C) groups is 1. The number of alkyl halides is 3. The lowest BCUT2D eigenvalue weighted by molar-refractivity contribution is -0.137. The Morgan fingerprint density at radius 3 is 2.71 bits per heavy atom. The van der Waals surface area contributed by atoms with E-state index in [0.717, 1.165) is 12.1 Å². The number of amidine groups is 1. The van der Waals surface area contributed by atoms with Crippen molar-refractivity contribution < 1.29 is 23.0 Å². The van der Waals surface area contributed by atoms with Gasteiger partial charge in [-0.25, -0.2) is 4.63 Å². The van der Waals surface area contributed by atoms with Crippen LogP contribution in [-0.2, 0) is 12.7 Å². The molecule has 0 fully saturated rings. The molecule has 1 aromatic heterocycles. The molecular weight excluding hydrogens is 291 g/mol. The van der Waals surface area contributed by atoms with Crippen molar-refractivity contribution in [3.05, 3.63) is 41.1 Å². The molecule has 2 aromatic rings. The molecule has 0 aliphatic rings. The maximum Gasteiger partial charge on any atom is 0.416 e. The van der Waals surface area contributed by atoms with Crippen LogP contribution < -0.4 is 11.2 Å². The number of hydrogen-bond acceptors (Lipinski definition) is 6. The van der Waals surface area contributed by atoms with Crippen LogP contribution in [0.3, 0.4) is 0 Å². The highest BCUT2D eigenvalue weighted by Gasteiger charge is 2.30. The lowest BCUT2D eigenvalue weighted by atomic mass is 10.1. The van der Waals surface area contributed by atoms with Crippen LogP contribution in [0.15, 0.2) is 33.9 Å². The van der Waals surface area contributed by atoms with Crippen LogP contribution in [0.25, 0.3) is 0 Å². The van der Waals surface area contributed by atoms with Crippen molar-refractivity contribution in [2.45, 2.75) is 12.7 Å². The van der Waals surface area contributed by atoms with E-state index in [9.17, 15) is 13.2 Å². The largest absolute Gasteiger partial charge is 0.416 e. The van der Waals surface area contributed by atoms with Gasteiger partial charge in [0.2, 0.25) is 0 Å². The number of hydroxylamine groups is 1. The van der Waals surface area contributed by atoms with Crippen LogP contribution in [-0.4, -0.2) is 21.4 Å². The molecule has 10 heteroatoms. The molecule has 2 rings (SSSR count). The van der Waals surface area contributed by atoms with E-state index in [-0.39, 0.29) is 23.9 Å². The lowest BCUT2D eigenvalue weighted by Crippen LogP contribution is -2.22. The molecular formula is C11H10F3N5O2. The van der Waals surface area contributed by atoms with E-state index in [1.807, 2.05) is 0 Å². The topological polar surface area (TPSA) is 110 Å². The van der Waals surface area contributed by atoms with Gasteiger partial charge in [-0.2, -0.15) is 13.2 Å². The fourth-order valence-electron chi connectivity index (χ4n) is 1.54. The molecule has 0 saturated heterocycles. The van der Waals surface area contributed by atoms with Gasteiger partial charge in [-0.05, 0) is 28.0 Å². The number of halogens is 3. The molecule has 0 aliphatic heterocycles. The average Bonchev–Trinajstić information content (AvgIpc) is 2.85. The Morgan fingerprint density at radius 1 is 1.38 bits per heavy atom. The van der Waals surface area contributed by atoms with Crippen LogP contribution >= 0.6 is 0 Å². The highest BCUT2D eigenvalue weighted by atomic mass is 19.4. The number of anilines is 1. The quantitative estimate of drug-likeness (QED) is 0.451. The summed E-state index contributed by atoms with van der Waals surface area (Å²) >= 11 is 0. The van der Waals surface area contributed by atoms with Gasteiger partial charge in [0.15, 0.2) is 17.3 Å². The number of aromatic nitrogens is 2. The minimum atomic E-state index is -4.43. The molecule has 0 aliphatic carbocycles. The maximum atomic E-state index is 12.6. The smallest absolute Gasteiger partial charge is 0.379 e. The van der Waals surface area contributed by atoms with Gasteiger partial charge in [0.1, 0.15) is 0 Å². The summed E-state index contributed by atoms with van der Waals surface area (Å²) in [5.41, 5.74) is 6.64. The molecule has 0 amide bonds. The molecule has 1 aromatic carbocycles. The molecule has 0 bridgehead atoms. The zero-order valence-corrected chi connectivity index (χ0v) is 10.4. The van der Waals surface area contributed by atoms with Gasteiger partial charge in [0.25, 0.3) is 0 Å². The van der Waals surface area contributed by atoms with E-state index >= 15 is 0 Å². The minimum Gasteiger partial charge on any atom is -0.379 e. The zero-order chi connectivity index (χ0) is 15.5. The number of rotatable bonds is 3. The number of hydrogen-bond donors (Lipinski definition) is 3. The number of nitrogens with two attached hydrogens (primary N) is 1. The highest BCUT2D eigenvalue weighted by Crippen LogP contribution is 2.29. The molecule has 1 heterocycles. The Kier molecular flexibility index (Phi) is 4.08. The maximum absolute atomic E-state index is 12.6. The molecule has 0 radical (unpaired) electrons. The van der Waals surface area contributed by atoms with E-state index in [4.69, 9.17) is 10.9 Å². The summed E-state index contributed by atoms with van der Waals surface area (Å²) in [6.45, 7) is -0.126. The monoisotopic (exact) mass is 301 g/mol. The van der Waals surface area contributed by atoms with Gasteiger partial charge < -0.3 is 5.73 Å². The Labute approximate surface area is 116 Å². The second-order valence-electron chi connectivity index (χ2n) is 3.97. The third-order valence-corrected chi connectivity index (χ3v) is 2.52. The van der Waals surface area contributed by atoms with Gasteiger partial charge >= 0.3 is 6.18 Å². The summed E-state index contributed by atoms with van der Waals surface area (Å²) in [4.78, 5) is 3.88. The van der Waals surface area contributed by atoms with Gasteiger partial charge in [0.05, 0.1) is 12.1 Å². The predicted molar refractivity (Wildman–Crippen MR) is 65.3 cm³/mol. The Morgan fingerprint density at radius 2 is 2.14 bits per heavy atom. The summed E-state index contributed by atoms with van der Waals surface area (Å²) < 4.78 is 42.1. The first kappa shape index (κ1) is 14.8. The molecule has 4 N–H and O–H groups in total. The molecule has 0 spiro atoms. The molecule has 0 saturated carbocycles. The average molecular weight is 301 g/mol. The first-order valence-corrected chi connectivity index (χ1v) is 5.61. The van der Waals surface area contributed by atoms with Gasteiger partial charge in [-0.3, -0.25) is 15.7 Å². The van der Waals surface area contributed by atoms with Gasteiger partial charge in [0, 0.05) is 0 Å². The highest BCUT2D eigenvalue weighted by molar-refractivity contribution is 5.99. The van der Waals surface area contributed by atoms with Gasteiger partial charge in [-0.15, -0.1) is 0 Å². The molecule has 21 heavy (non-hydrogen) atoms. The van der Waals surface area contributed by atoms with Gasteiger partial charge in [-0.1, -0.05) is 12.1 Å². The molecule has 0 atom stereocenters. The summed E-state index contributed by atoms with van der Waals surface area (Å²) in [5.74, 6) is -0.273. The van der Waals surface area contributed by atoms with E-state index in [0.29, 0.717) is 5.56 Å². The summed E-state index contributed by atoms with van der Waals surface area (Å²) in [5, 5.41) is 15.7. The first-order valence-electron chi connectivity index (χ1n) is 5.61. The van der Waals surface area contributed by atoms with E-state index in [2.05, 4.69) is 19.9 Å². The summed E-state index contributed by atoms with van der Waals surface area (Å²) in [6.07, 6.45) is -4.43. The molecule has 112 valence electrons. The van der Waals surface area contributed by atoms with E-state index < -0.39 is 11.7 Å². The van der Waals surface area contributed by atoms with Crippen molar-refractivity contribution in [1.82, 2.24) is 15.8 Å². The SMILES string of the molecule is Nc1nonc1C(=NCc1cccc(C(F)(F)F)c1)NO. The van der Waals surface area contributed by atoms with E-state index in [1.165, 1.54) is 12.1 Å². The Bertz CT molecular complexity index is 653. The second kappa shape index (κ2) is 5.79. The van der Waals surface area contributed by atoms with Crippen molar-refractivity contribution in [2.75, 3.05) is 5.73 Å². The molecule has 7 nitrogen and oxygen atoms in total. The minimum absolute atomic E-state index is 0.0375. The van der Waals surface area contributed by atoms with Crippen molar-refractivity contribution in [2.24, 2.45) is 4.99 Å². The standard InChI is InChI=1S/C11H10F3N5O2/c12-11(13,14)7-3-1-2-6(4-7)5-16-10(17-20)8-9(15)19-21-18-8/h1-4,20H,5H2,(H2,15,19)(H,16,17). The Balaban J connectivity index is 2.22. The first-order chi connectivity index (χ1) is 9.91. The fourth-order valence-corrected chi connectivity index (χ4v) is 1.54. The Hall–Kier alpha value is -2.62. The van der Waals surface area contributed by atoms with Crippen molar-refractivity contribution in [1.29, 1.82) is 0 Å². The number of nitrogen functional groups attached to an aromatic ring is 1.